The monoisotopic (exact) mass is 282 g/mol. The van der Waals surface area contributed by atoms with Crippen LogP contribution in [0.15, 0.2) is 24.3 Å². The van der Waals surface area contributed by atoms with E-state index in [1.807, 2.05) is 36.0 Å². The van der Waals surface area contributed by atoms with E-state index in [0.717, 1.165) is 17.9 Å². The molecule has 4 heteroatoms. The zero-order valence-corrected chi connectivity index (χ0v) is 13.1. The van der Waals surface area contributed by atoms with Crippen LogP contribution in [0.3, 0.4) is 0 Å². The quantitative estimate of drug-likeness (QED) is 0.755. The molecular weight excluding hydrogens is 256 g/mol. The summed E-state index contributed by atoms with van der Waals surface area (Å²) in [7, 11) is 2.16. The third-order valence-corrected chi connectivity index (χ3v) is 4.03. The Kier molecular flexibility index (Phi) is 7.94. The normalized spacial score (nSPS) is 12.7. The van der Waals surface area contributed by atoms with E-state index in [0.29, 0.717) is 19.2 Å². The van der Waals surface area contributed by atoms with E-state index in [1.165, 1.54) is 12.2 Å². The fourth-order valence-electron chi connectivity index (χ4n) is 1.84. The smallest absolute Gasteiger partial charge is 0.123 e. The molecule has 0 heterocycles. The first-order valence-corrected chi connectivity index (χ1v) is 8.18. The first-order valence-electron chi connectivity index (χ1n) is 6.79. The number of hydrogen-bond donors (Lipinski definition) is 1. The van der Waals surface area contributed by atoms with Gasteiger partial charge in [0.1, 0.15) is 12.4 Å². The molecule has 0 radical (unpaired) electrons. The second-order valence-corrected chi connectivity index (χ2v) is 5.76. The maximum atomic E-state index is 5.83. The number of thioether (sulfide) groups is 1. The summed E-state index contributed by atoms with van der Waals surface area (Å²) < 4.78 is 5.83. The van der Waals surface area contributed by atoms with Gasteiger partial charge in [0.05, 0.1) is 0 Å². The van der Waals surface area contributed by atoms with E-state index in [-0.39, 0.29) is 0 Å². The first kappa shape index (κ1) is 16.3. The lowest BCUT2D eigenvalue weighted by atomic mass is 10.2. The van der Waals surface area contributed by atoms with Crippen molar-refractivity contribution in [3.05, 3.63) is 29.8 Å². The molecule has 1 rings (SSSR count). The Labute approximate surface area is 121 Å². The van der Waals surface area contributed by atoms with Crippen molar-refractivity contribution in [1.82, 2.24) is 4.90 Å². The molecule has 0 spiro atoms. The highest BCUT2D eigenvalue weighted by Gasteiger charge is 2.09. The Morgan fingerprint density at radius 1 is 1.37 bits per heavy atom. The topological polar surface area (TPSA) is 38.5 Å². The number of benzene rings is 1. The van der Waals surface area contributed by atoms with E-state index in [2.05, 4.69) is 25.1 Å². The van der Waals surface area contributed by atoms with Gasteiger partial charge in [0.15, 0.2) is 0 Å². The van der Waals surface area contributed by atoms with Gasteiger partial charge in [-0.2, -0.15) is 11.8 Å². The van der Waals surface area contributed by atoms with E-state index >= 15 is 0 Å². The summed E-state index contributed by atoms with van der Waals surface area (Å²) in [6.45, 7) is 4.44. The van der Waals surface area contributed by atoms with Gasteiger partial charge in [-0.05, 0) is 38.5 Å². The van der Waals surface area contributed by atoms with E-state index in [1.54, 1.807) is 0 Å². The van der Waals surface area contributed by atoms with Crippen molar-refractivity contribution < 1.29 is 4.74 Å². The van der Waals surface area contributed by atoms with Crippen molar-refractivity contribution in [2.75, 3.05) is 32.2 Å². The van der Waals surface area contributed by atoms with E-state index in [4.69, 9.17) is 10.5 Å². The number of rotatable bonds is 9. The lowest BCUT2D eigenvalue weighted by Crippen LogP contribution is -2.33. The third kappa shape index (κ3) is 5.85. The molecule has 0 aliphatic rings. The van der Waals surface area contributed by atoms with Crippen LogP contribution >= 0.6 is 11.8 Å². The number of likely N-dealkylation sites (N-methyl/N-ethyl adjacent to an activating group) is 1. The lowest BCUT2D eigenvalue weighted by Gasteiger charge is -2.24. The zero-order valence-electron chi connectivity index (χ0n) is 12.3. The molecule has 1 aromatic carbocycles. The molecule has 2 N–H and O–H groups in total. The van der Waals surface area contributed by atoms with Gasteiger partial charge in [0, 0.05) is 24.7 Å². The molecule has 1 unspecified atom stereocenters. The minimum Gasteiger partial charge on any atom is -0.492 e. The number of para-hydroxylation sites is 1. The third-order valence-electron chi connectivity index (χ3n) is 3.39. The highest BCUT2D eigenvalue weighted by molar-refractivity contribution is 7.98. The van der Waals surface area contributed by atoms with Crippen LogP contribution in [-0.2, 0) is 6.54 Å². The van der Waals surface area contributed by atoms with Gasteiger partial charge in [0.25, 0.3) is 0 Å². The lowest BCUT2D eigenvalue weighted by molar-refractivity contribution is 0.196. The molecule has 0 saturated carbocycles. The highest BCUT2D eigenvalue weighted by Crippen LogP contribution is 2.17. The SMILES string of the molecule is CSCCC(C)N(C)CCOc1ccccc1CN. The van der Waals surface area contributed by atoms with Gasteiger partial charge in [0.2, 0.25) is 0 Å². The predicted octanol–water partition coefficient (Wildman–Crippen LogP) is 2.60. The minimum absolute atomic E-state index is 0.524. The van der Waals surface area contributed by atoms with Gasteiger partial charge in [-0.15, -0.1) is 0 Å². The molecule has 108 valence electrons. The average molecular weight is 282 g/mol. The molecule has 0 aliphatic carbocycles. The summed E-state index contributed by atoms with van der Waals surface area (Å²) in [6, 6.07) is 8.57. The van der Waals surface area contributed by atoms with Crippen molar-refractivity contribution in [1.29, 1.82) is 0 Å². The van der Waals surface area contributed by atoms with Gasteiger partial charge in [-0.3, -0.25) is 0 Å². The average Bonchev–Trinajstić information content (AvgIpc) is 2.45. The molecular formula is C15H26N2OS. The molecule has 0 fully saturated rings. The van der Waals surface area contributed by atoms with Gasteiger partial charge < -0.3 is 15.4 Å². The summed E-state index contributed by atoms with van der Waals surface area (Å²) in [5.41, 5.74) is 6.76. The Morgan fingerprint density at radius 2 is 2.11 bits per heavy atom. The number of nitrogens with two attached hydrogens (primary N) is 1. The van der Waals surface area contributed by atoms with Gasteiger partial charge >= 0.3 is 0 Å². The number of hydrogen-bond acceptors (Lipinski definition) is 4. The van der Waals surface area contributed by atoms with E-state index < -0.39 is 0 Å². The summed E-state index contributed by atoms with van der Waals surface area (Å²) in [5.74, 6) is 2.12. The summed E-state index contributed by atoms with van der Waals surface area (Å²) in [4.78, 5) is 2.35. The molecule has 0 aliphatic heterocycles. The van der Waals surface area contributed by atoms with Crippen LogP contribution < -0.4 is 10.5 Å². The highest BCUT2D eigenvalue weighted by atomic mass is 32.2. The summed E-state index contributed by atoms with van der Waals surface area (Å²) >= 11 is 1.90. The molecule has 3 nitrogen and oxygen atoms in total. The Balaban J connectivity index is 2.33. The molecule has 0 saturated heterocycles. The summed E-state index contributed by atoms with van der Waals surface area (Å²) in [6.07, 6.45) is 3.37. The Bertz CT molecular complexity index is 360. The molecule has 1 atom stereocenters. The van der Waals surface area contributed by atoms with Crippen molar-refractivity contribution in [2.24, 2.45) is 5.73 Å². The molecule has 0 bridgehead atoms. The minimum atomic E-state index is 0.524. The van der Waals surface area contributed by atoms with E-state index in [9.17, 15) is 0 Å². The summed E-state index contributed by atoms with van der Waals surface area (Å²) in [5, 5.41) is 0. The van der Waals surface area contributed by atoms with Crippen molar-refractivity contribution in [2.45, 2.75) is 25.9 Å². The fourth-order valence-corrected chi connectivity index (χ4v) is 2.42. The predicted molar refractivity (Wildman–Crippen MR) is 84.9 cm³/mol. The maximum absolute atomic E-state index is 5.83. The first-order chi connectivity index (χ1) is 9.19. The Hall–Kier alpha value is -0.710. The molecule has 1 aromatic rings. The molecule has 0 aromatic heterocycles. The van der Waals surface area contributed by atoms with Crippen molar-refractivity contribution in [3.8, 4) is 5.75 Å². The number of nitrogens with zero attached hydrogens (tertiary/aromatic N) is 1. The van der Waals surface area contributed by atoms with Crippen LogP contribution in [0, 0.1) is 0 Å². The molecule has 0 amide bonds. The van der Waals surface area contributed by atoms with Crippen LogP contribution in [0.25, 0.3) is 0 Å². The fraction of sp³-hybridized carbons (Fsp3) is 0.600. The maximum Gasteiger partial charge on any atom is 0.123 e. The molecule has 19 heavy (non-hydrogen) atoms. The van der Waals surface area contributed by atoms with Crippen LogP contribution in [-0.4, -0.2) is 43.1 Å². The van der Waals surface area contributed by atoms with Crippen LogP contribution in [0.2, 0.25) is 0 Å². The second kappa shape index (κ2) is 9.23. The van der Waals surface area contributed by atoms with Crippen LogP contribution in [0.5, 0.6) is 5.75 Å². The van der Waals surface area contributed by atoms with Crippen LogP contribution in [0.1, 0.15) is 18.9 Å². The van der Waals surface area contributed by atoms with Crippen molar-refractivity contribution >= 4 is 11.8 Å². The zero-order chi connectivity index (χ0) is 14.1. The second-order valence-electron chi connectivity index (χ2n) is 4.77. The van der Waals surface area contributed by atoms with Gasteiger partial charge in [-0.1, -0.05) is 18.2 Å². The van der Waals surface area contributed by atoms with Crippen LogP contribution in [0.4, 0.5) is 0 Å². The van der Waals surface area contributed by atoms with Crippen molar-refractivity contribution in [3.63, 3.8) is 0 Å². The largest absolute Gasteiger partial charge is 0.492 e. The standard InChI is InChI=1S/C15H26N2OS/c1-13(8-11-19-3)17(2)9-10-18-15-7-5-4-6-14(15)12-16/h4-7,13H,8-12,16H2,1-3H3. The Morgan fingerprint density at radius 3 is 2.79 bits per heavy atom. The van der Waals surface area contributed by atoms with Gasteiger partial charge in [-0.25, -0.2) is 0 Å². The number of ether oxygens (including phenoxy) is 1.